The van der Waals surface area contributed by atoms with Crippen molar-refractivity contribution in [1.82, 2.24) is 5.32 Å². The third-order valence-electron chi connectivity index (χ3n) is 4.47. The van der Waals surface area contributed by atoms with E-state index in [1.54, 1.807) is 0 Å². The van der Waals surface area contributed by atoms with E-state index in [9.17, 15) is 9.59 Å². The van der Waals surface area contributed by atoms with Crippen LogP contribution in [0.3, 0.4) is 0 Å². The van der Waals surface area contributed by atoms with Crippen LogP contribution in [0.1, 0.15) is 59.3 Å². The zero-order chi connectivity index (χ0) is 19.8. The SMILES string of the molecule is Cc1ccc(C(=O)CCC(=O)NCc2cccc(COC(C)C)c2)cc1C. The van der Waals surface area contributed by atoms with Crippen LogP contribution in [0, 0.1) is 13.8 Å². The number of hydrogen-bond acceptors (Lipinski definition) is 3. The van der Waals surface area contributed by atoms with E-state index >= 15 is 0 Å². The largest absolute Gasteiger partial charge is 0.374 e. The second kappa shape index (κ2) is 10.0. The van der Waals surface area contributed by atoms with Crippen LogP contribution >= 0.6 is 0 Å². The van der Waals surface area contributed by atoms with Crippen molar-refractivity contribution in [2.75, 3.05) is 0 Å². The van der Waals surface area contributed by atoms with E-state index in [0.29, 0.717) is 18.7 Å². The molecule has 1 amide bonds. The van der Waals surface area contributed by atoms with Crippen LogP contribution in [0.2, 0.25) is 0 Å². The van der Waals surface area contributed by atoms with Crippen LogP contribution in [0.25, 0.3) is 0 Å². The normalized spacial score (nSPS) is 10.9. The third kappa shape index (κ3) is 6.99. The van der Waals surface area contributed by atoms with E-state index in [2.05, 4.69) is 5.32 Å². The predicted octanol–water partition coefficient (Wildman–Crippen LogP) is 4.51. The quantitative estimate of drug-likeness (QED) is 0.664. The van der Waals surface area contributed by atoms with Gasteiger partial charge in [0.2, 0.25) is 5.91 Å². The first-order valence-electron chi connectivity index (χ1n) is 9.41. The van der Waals surface area contributed by atoms with Crippen LogP contribution in [0.4, 0.5) is 0 Å². The molecular weight excluding hydrogens is 338 g/mol. The minimum absolute atomic E-state index is 0.00100. The lowest BCUT2D eigenvalue weighted by molar-refractivity contribution is -0.121. The lowest BCUT2D eigenvalue weighted by Gasteiger charge is -2.10. The molecule has 0 saturated carbocycles. The summed E-state index contributed by atoms with van der Waals surface area (Å²) >= 11 is 0. The van der Waals surface area contributed by atoms with Gasteiger partial charge >= 0.3 is 0 Å². The fraction of sp³-hybridized carbons (Fsp3) is 0.391. The van der Waals surface area contributed by atoms with E-state index in [1.807, 2.05) is 70.2 Å². The van der Waals surface area contributed by atoms with Gasteiger partial charge in [-0.15, -0.1) is 0 Å². The molecule has 0 spiro atoms. The molecule has 0 heterocycles. The molecule has 0 aliphatic carbocycles. The van der Waals surface area contributed by atoms with Crippen molar-refractivity contribution in [3.63, 3.8) is 0 Å². The molecule has 0 unspecified atom stereocenters. The number of Topliss-reactive ketones (excluding diaryl/α,β-unsaturated/α-hetero) is 1. The molecule has 0 atom stereocenters. The van der Waals surface area contributed by atoms with Crippen LogP contribution in [-0.4, -0.2) is 17.8 Å². The van der Waals surface area contributed by atoms with Gasteiger partial charge in [-0.2, -0.15) is 0 Å². The molecule has 144 valence electrons. The summed E-state index contributed by atoms with van der Waals surface area (Å²) in [6, 6.07) is 13.6. The van der Waals surface area contributed by atoms with Crippen molar-refractivity contribution in [3.8, 4) is 0 Å². The zero-order valence-electron chi connectivity index (χ0n) is 16.7. The molecule has 0 saturated heterocycles. The summed E-state index contributed by atoms with van der Waals surface area (Å²) in [6.07, 6.45) is 0.599. The lowest BCUT2D eigenvalue weighted by atomic mass is 10.0. The number of nitrogens with one attached hydrogen (secondary N) is 1. The number of ketones is 1. The number of rotatable bonds is 9. The number of amides is 1. The van der Waals surface area contributed by atoms with Crippen molar-refractivity contribution in [3.05, 3.63) is 70.3 Å². The number of ether oxygens (including phenoxy) is 1. The molecule has 4 heteroatoms. The van der Waals surface area contributed by atoms with E-state index < -0.39 is 0 Å². The first kappa shape index (κ1) is 20.8. The van der Waals surface area contributed by atoms with Crippen molar-refractivity contribution in [2.45, 2.75) is 59.8 Å². The van der Waals surface area contributed by atoms with Gasteiger partial charge in [0.05, 0.1) is 12.7 Å². The molecule has 0 aromatic heterocycles. The van der Waals surface area contributed by atoms with Crippen LogP contribution in [-0.2, 0) is 22.7 Å². The maximum absolute atomic E-state index is 12.3. The van der Waals surface area contributed by atoms with Crippen molar-refractivity contribution in [1.29, 1.82) is 0 Å². The van der Waals surface area contributed by atoms with E-state index in [1.165, 1.54) is 0 Å². The lowest BCUT2D eigenvalue weighted by Crippen LogP contribution is -2.23. The summed E-state index contributed by atoms with van der Waals surface area (Å²) in [7, 11) is 0. The Balaban J connectivity index is 1.79. The van der Waals surface area contributed by atoms with Gasteiger partial charge in [0.25, 0.3) is 0 Å². The molecule has 0 aliphatic rings. The second-order valence-corrected chi connectivity index (χ2v) is 7.18. The number of aryl methyl sites for hydroxylation is 2. The topological polar surface area (TPSA) is 55.4 Å². The molecule has 4 nitrogen and oxygen atoms in total. The van der Waals surface area contributed by atoms with Gasteiger partial charge < -0.3 is 10.1 Å². The molecule has 2 aromatic rings. The standard InChI is InChI=1S/C23H29NO3/c1-16(2)27-15-20-7-5-6-19(13-20)14-24-23(26)11-10-22(25)21-9-8-17(3)18(4)12-21/h5-9,12-13,16H,10-11,14-15H2,1-4H3,(H,24,26). The van der Waals surface area contributed by atoms with E-state index in [-0.39, 0.29) is 30.6 Å². The average molecular weight is 367 g/mol. The Hall–Kier alpha value is -2.46. The highest BCUT2D eigenvalue weighted by molar-refractivity contribution is 5.98. The maximum atomic E-state index is 12.3. The third-order valence-corrected chi connectivity index (χ3v) is 4.47. The molecule has 2 aromatic carbocycles. The Morgan fingerprint density at radius 3 is 2.41 bits per heavy atom. The average Bonchev–Trinajstić information content (AvgIpc) is 2.65. The fourth-order valence-corrected chi connectivity index (χ4v) is 2.67. The van der Waals surface area contributed by atoms with Gasteiger partial charge in [-0.1, -0.05) is 36.4 Å². The van der Waals surface area contributed by atoms with Crippen molar-refractivity contribution in [2.24, 2.45) is 0 Å². The fourth-order valence-electron chi connectivity index (χ4n) is 2.67. The Bertz CT molecular complexity index is 796. The Kier molecular flexibility index (Phi) is 7.74. The first-order chi connectivity index (χ1) is 12.8. The van der Waals surface area contributed by atoms with E-state index in [0.717, 1.165) is 22.3 Å². The van der Waals surface area contributed by atoms with Gasteiger partial charge in [0.1, 0.15) is 0 Å². The first-order valence-corrected chi connectivity index (χ1v) is 9.41. The number of carbonyl (C=O) groups excluding carboxylic acids is 2. The Morgan fingerprint density at radius 1 is 0.963 bits per heavy atom. The van der Waals surface area contributed by atoms with Gasteiger partial charge in [-0.3, -0.25) is 9.59 Å². The van der Waals surface area contributed by atoms with E-state index in [4.69, 9.17) is 4.74 Å². The number of carbonyl (C=O) groups is 2. The number of benzene rings is 2. The zero-order valence-corrected chi connectivity index (χ0v) is 16.7. The molecule has 0 aliphatic heterocycles. The summed E-state index contributed by atoms with van der Waals surface area (Å²) in [5, 5.41) is 2.89. The van der Waals surface area contributed by atoms with Gasteiger partial charge in [-0.05, 0) is 56.0 Å². The Morgan fingerprint density at radius 2 is 1.70 bits per heavy atom. The second-order valence-electron chi connectivity index (χ2n) is 7.18. The van der Waals surface area contributed by atoms with Crippen molar-refractivity contribution >= 4 is 11.7 Å². The maximum Gasteiger partial charge on any atom is 0.220 e. The van der Waals surface area contributed by atoms with Gasteiger partial charge in [0, 0.05) is 24.9 Å². The molecule has 0 radical (unpaired) electrons. The highest BCUT2D eigenvalue weighted by atomic mass is 16.5. The smallest absolute Gasteiger partial charge is 0.220 e. The summed E-state index contributed by atoms with van der Waals surface area (Å²) in [6.45, 7) is 9.02. The summed E-state index contributed by atoms with van der Waals surface area (Å²) in [5.41, 5.74) is 5.02. The molecule has 1 N–H and O–H groups in total. The van der Waals surface area contributed by atoms with Crippen LogP contribution in [0.15, 0.2) is 42.5 Å². The van der Waals surface area contributed by atoms with Crippen LogP contribution in [0.5, 0.6) is 0 Å². The Labute approximate surface area is 161 Å². The molecule has 0 bridgehead atoms. The molecule has 27 heavy (non-hydrogen) atoms. The monoisotopic (exact) mass is 367 g/mol. The minimum atomic E-state index is -0.115. The highest BCUT2D eigenvalue weighted by Crippen LogP contribution is 2.13. The predicted molar refractivity (Wildman–Crippen MR) is 108 cm³/mol. The highest BCUT2D eigenvalue weighted by Gasteiger charge is 2.10. The summed E-state index contributed by atoms with van der Waals surface area (Å²) < 4.78 is 5.61. The molecular formula is C23H29NO3. The molecule has 2 rings (SSSR count). The molecule has 0 fully saturated rings. The van der Waals surface area contributed by atoms with Crippen molar-refractivity contribution < 1.29 is 14.3 Å². The van der Waals surface area contributed by atoms with Gasteiger partial charge in [0.15, 0.2) is 5.78 Å². The minimum Gasteiger partial charge on any atom is -0.374 e. The van der Waals surface area contributed by atoms with Gasteiger partial charge in [-0.25, -0.2) is 0 Å². The number of hydrogen-bond donors (Lipinski definition) is 1. The van der Waals surface area contributed by atoms with Crippen LogP contribution < -0.4 is 5.32 Å². The summed E-state index contributed by atoms with van der Waals surface area (Å²) in [4.78, 5) is 24.3. The summed E-state index contributed by atoms with van der Waals surface area (Å²) in [5.74, 6) is -0.114.